The Morgan fingerprint density at radius 3 is 2.40 bits per heavy atom. The smallest absolute Gasteiger partial charge is 0.335 e. The second kappa shape index (κ2) is 8.62. The number of hydrogen-bond acceptors (Lipinski definition) is 6. The van der Waals surface area contributed by atoms with Crippen molar-refractivity contribution in [2.75, 3.05) is 0 Å². The first kappa shape index (κ1) is 20.0. The molecule has 0 spiro atoms. The molecule has 2 N–H and O–H groups in total. The van der Waals surface area contributed by atoms with E-state index in [1.165, 1.54) is 36.7 Å². The van der Waals surface area contributed by atoms with Gasteiger partial charge in [-0.15, -0.1) is 0 Å². The fourth-order valence-corrected chi connectivity index (χ4v) is 3.69. The van der Waals surface area contributed by atoms with E-state index in [2.05, 4.69) is 26.2 Å². The molecule has 30 heavy (non-hydrogen) atoms. The highest BCUT2D eigenvalue weighted by Gasteiger charge is 2.27. The molecule has 4 rings (SSSR count). The molecule has 154 valence electrons. The van der Waals surface area contributed by atoms with Gasteiger partial charge in [0.25, 0.3) is 5.91 Å². The summed E-state index contributed by atoms with van der Waals surface area (Å²) in [5, 5.41) is 12.0. The van der Waals surface area contributed by atoms with E-state index in [-0.39, 0.29) is 23.2 Å². The molecule has 3 aromatic rings. The molecule has 1 heterocycles. The van der Waals surface area contributed by atoms with Crippen molar-refractivity contribution in [3.05, 3.63) is 77.1 Å². The lowest BCUT2D eigenvalue weighted by Gasteiger charge is -2.26. The standard InChI is InChI=1S/C22H21N3O4S/c1-13(24-21(26)19-12-23-30-25-19)20(16-6-4-15(5-7-16)14-2-3-14)29-18-10-8-17(9-11-18)22(27)28/h4-14,20H,2-3H2,1H3,(H,24,26)(H,27,28)/t13-,20-/m0/s1. The summed E-state index contributed by atoms with van der Waals surface area (Å²) in [6.45, 7) is 1.86. The summed E-state index contributed by atoms with van der Waals surface area (Å²) in [5.41, 5.74) is 2.69. The van der Waals surface area contributed by atoms with Crippen LogP contribution in [0.25, 0.3) is 0 Å². The van der Waals surface area contributed by atoms with Gasteiger partial charge in [0.15, 0.2) is 5.69 Å². The molecule has 0 bridgehead atoms. The van der Waals surface area contributed by atoms with Crippen molar-refractivity contribution in [3.8, 4) is 5.75 Å². The molecule has 7 nitrogen and oxygen atoms in total. The lowest BCUT2D eigenvalue weighted by Crippen LogP contribution is -2.39. The number of carbonyl (C=O) groups is 2. The van der Waals surface area contributed by atoms with Gasteiger partial charge in [0, 0.05) is 0 Å². The molecule has 0 unspecified atom stereocenters. The molecule has 1 amide bonds. The van der Waals surface area contributed by atoms with Gasteiger partial charge in [-0.05, 0) is 61.1 Å². The lowest BCUT2D eigenvalue weighted by atomic mass is 10.00. The third-order valence-electron chi connectivity index (χ3n) is 5.08. The quantitative estimate of drug-likeness (QED) is 0.567. The van der Waals surface area contributed by atoms with Gasteiger partial charge in [0.05, 0.1) is 29.5 Å². The van der Waals surface area contributed by atoms with Crippen molar-refractivity contribution in [1.82, 2.24) is 14.1 Å². The molecular formula is C22H21N3O4S. The number of amides is 1. The van der Waals surface area contributed by atoms with Crippen molar-refractivity contribution >= 4 is 23.6 Å². The Morgan fingerprint density at radius 1 is 1.13 bits per heavy atom. The van der Waals surface area contributed by atoms with Gasteiger partial charge in [-0.25, -0.2) is 4.79 Å². The van der Waals surface area contributed by atoms with Crippen molar-refractivity contribution in [1.29, 1.82) is 0 Å². The highest BCUT2D eigenvalue weighted by Crippen LogP contribution is 2.40. The molecule has 0 radical (unpaired) electrons. The van der Waals surface area contributed by atoms with Crippen LogP contribution in [0.4, 0.5) is 0 Å². The topological polar surface area (TPSA) is 101 Å². The minimum absolute atomic E-state index is 0.185. The summed E-state index contributed by atoms with van der Waals surface area (Å²) in [4.78, 5) is 23.5. The Balaban J connectivity index is 1.56. The lowest BCUT2D eigenvalue weighted by molar-refractivity contribution is 0.0696. The van der Waals surface area contributed by atoms with Crippen LogP contribution in [-0.4, -0.2) is 31.8 Å². The first-order valence-corrected chi connectivity index (χ1v) is 10.4. The fraction of sp³-hybridized carbons (Fsp3) is 0.273. The summed E-state index contributed by atoms with van der Waals surface area (Å²) in [5.74, 6) is -0.143. The highest BCUT2D eigenvalue weighted by molar-refractivity contribution is 6.99. The van der Waals surface area contributed by atoms with Crippen LogP contribution in [0, 0.1) is 0 Å². The van der Waals surface area contributed by atoms with Gasteiger partial charge in [-0.3, -0.25) is 4.79 Å². The van der Waals surface area contributed by atoms with E-state index in [1.807, 2.05) is 19.1 Å². The Bertz CT molecular complexity index is 1020. The van der Waals surface area contributed by atoms with Crippen molar-refractivity contribution in [2.24, 2.45) is 0 Å². The van der Waals surface area contributed by atoms with Crippen LogP contribution in [0.15, 0.2) is 54.7 Å². The first-order valence-electron chi connectivity index (χ1n) is 9.69. The average Bonchev–Trinajstić information content (AvgIpc) is 3.45. The van der Waals surface area contributed by atoms with Crippen LogP contribution in [0.2, 0.25) is 0 Å². The maximum absolute atomic E-state index is 12.4. The molecule has 1 aliphatic rings. The number of hydrogen-bond donors (Lipinski definition) is 2. The molecule has 1 saturated carbocycles. The van der Waals surface area contributed by atoms with Gasteiger partial charge in [-0.1, -0.05) is 24.3 Å². The molecule has 2 aromatic carbocycles. The number of carboxylic acids is 1. The van der Waals surface area contributed by atoms with Crippen LogP contribution in [0.5, 0.6) is 5.75 Å². The zero-order valence-corrected chi connectivity index (χ0v) is 17.1. The van der Waals surface area contributed by atoms with Crippen LogP contribution in [0.3, 0.4) is 0 Å². The maximum atomic E-state index is 12.4. The molecule has 1 aliphatic carbocycles. The predicted octanol–water partition coefficient (Wildman–Crippen LogP) is 4.05. The summed E-state index contributed by atoms with van der Waals surface area (Å²) in [6, 6.07) is 14.1. The Hall–Kier alpha value is -3.26. The van der Waals surface area contributed by atoms with Crippen LogP contribution in [-0.2, 0) is 0 Å². The van der Waals surface area contributed by atoms with Crippen molar-refractivity contribution < 1.29 is 19.4 Å². The molecule has 0 saturated heterocycles. The first-order chi connectivity index (χ1) is 14.5. The second-order valence-electron chi connectivity index (χ2n) is 7.36. The summed E-state index contributed by atoms with van der Waals surface area (Å²) < 4.78 is 14.0. The van der Waals surface area contributed by atoms with E-state index in [0.29, 0.717) is 11.7 Å². The zero-order chi connectivity index (χ0) is 21.1. The predicted molar refractivity (Wildman–Crippen MR) is 112 cm³/mol. The normalized spacial score (nSPS) is 15.2. The molecular weight excluding hydrogens is 402 g/mol. The molecule has 1 aromatic heterocycles. The molecule has 0 aliphatic heterocycles. The van der Waals surface area contributed by atoms with E-state index in [0.717, 1.165) is 17.3 Å². The van der Waals surface area contributed by atoms with Crippen LogP contribution < -0.4 is 10.1 Å². The second-order valence-corrected chi connectivity index (χ2v) is 7.92. The van der Waals surface area contributed by atoms with E-state index >= 15 is 0 Å². The zero-order valence-electron chi connectivity index (χ0n) is 16.3. The third kappa shape index (κ3) is 4.65. The van der Waals surface area contributed by atoms with E-state index in [4.69, 9.17) is 9.84 Å². The number of nitrogens with one attached hydrogen (secondary N) is 1. The Kier molecular flexibility index (Phi) is 5.76. The number of carboxylic acid groups (broad SMARTS) is 1. The van der Waals surface area contributed by atoms with Crippen LogP contribution in [0.1, 0.15) is 63.8 Å². The van der Waals surface area contributed by atoms with E-state index in [9.17, 15) is 9.59 Å². The SMILES string of the molecule is C[C@H](NC(=O)c1cnsn1)[C@H](Oc1ccc(C(=O)O)cc1)c1ccc(C2CC2)cc1. The Labute approximate surface area is 178 Å². The van der Waals surface area contributed by atoms with E-state index < -0.39 is 12.1 Å². The van der Waals surface area contributed by atoms with Crippen molar-refractivity contribution in [2.45, 2.75) is 37.8 Å². The minimum Gasteiger partial charge on any atom is -0.484 e. The monoisotopic (exact) mass is 423 g/mol. The van der Waals surface area contributed by atoms with Gasteiger partial charge in [0.1, 0.15) is 11.9 Å². The maximum Gasteiger partial charge on any atom is 0.335 e. The van der Waals surface area contributed by atoms with Crippen LogP contribution >= 0.6 is 11.7 Å². The largest absolute Gasteiger partial charge is 0.484 e. The number of ether oxygens (including phenoxy) is 1. The number of carbonyl (C=O) groups excluding carboxylic acids is 1. The fourth-order valence-electron chi connectivity index (χ4n) is 3.28. The number of rotatable bonds is 8. The van der Waals surface area contributed by atoms with Gasteiger partial charge in [0.2, 0.25) is 0 Å². The summed E-state index contributed by atoms with van der Waals surface area (Å²) >= 11 is 0.976. The summed E-state index contributed by atoms with van der Waals surface area (Å²) in [6.07, 6.45) is 3.41. The number of benzene rings is 2. The third-order valence-corrected chi connectivity index (χ3v) is 5.56. The molecule has 8 heteroatoms. The van der Waals surface area contributed by atoms with Gasteiger partial charge < -0.3 is 15.2 Å². The number of aromatic nitrogens is 2. The Morgan fingerprint density at radius 2 is 1.83 bits per heavy atom. The number of nitrogens with zero attached hydrogens (tertiary/aromatic N) is 2. The summed E-state index contributed by atoms with van der Waals surface area (Å²) in [7, 11) is 0. The highest BCUT2D eigenvalue weighted by atomic mass is 32.1. The van der Waals surface area contributed by atoms with Gasteiger partial charge >= 0.3 is 5.97 Å². The molecule has 2 atom stereocenters. The average molecular weight is 423 g/mol. The number of aromatic carboxylic acids is 1. The minimum atomic E-state index is -0.994. The van der Waals surface area contributed by atoms with Gasteiger partial charge in [-0.2, -0.15) is 8.75 Å². The van der Waals surface area contributed by atoms with Crippen molar-refractivity contribution in [3.63, 3.8) is 0 Å². The molecule has 1 fully saturated rings. The van der Waals surface area contributed by atoms with E-state index in [1.54, 1.807) is 12.1 Å².